The van der Waals surface area contributed by atoms with Gasteiger partial charge in [0.15, 0.2) is 0 Å². The summed E-state index contributed by atoms with van der Waals surface area (Å²) in [4.78, 5) is 26.2. The van der Waals surface area contributed by atoms with Crippen molar-refractivity contribution < 1.29 is 14.3 Å². The zero-order chi connectivity index (χ0) is 15.0. The third kappa shape index (κ3) is 2.22. The Kier molecular flexibility index (Phi) is 3.48. The average molecular weight is 302 g/mol. The first-order valence-electron chi connectivity index (χ1n) is 6.43. The van der Waals surface area contributed by atoms with E-state index in [9.17, 15) is 9.59 Å². The van der Waals surface area contributed by atoms with Crippen LogP contribution in [0.15, 0.2) is 35.7 Å². The van der Waals surface area contributed by atoms with Crippen LogP contribution >= 0.6 is 11.3 Å². The van der Waals surface area contributed by atoms with E-state index >= 15 is 0 Å². The molecule has 108 valence electrons. The monoisotopic (exact) mass is 302 g/mol. The molecule has 21 heavy (non-hydrogen) atoms. The van der Waals surface area contributed by atoms with E-state index in [0.717, 1.165) is 11.1 Å². The number of thiophene rings is 1. The number of benzene rings is 1. The fourth-order valence-electron chi connectivity index (χ4n) is 2.48. The number of carbonyl (C=O) groups is 2. The number of rotatable bonds is 3. The van der Waals surface area contributed by atoms with Gasteiger partial charge in [-0.2, -0.15) is 0 Å². The maximum absolute atomic E-state index is 12.4. The molecule has 5 nitrogen and oxygen atoms in total. The minimum Gasteiger partial charge on any atom is -0.465 e. The van der Waals surface area contributed by atoms with Crippen molar-refractivity contribution >= 4 is 23.2 Å². The van der Waals surface area contributed by atoms with Crippen LogP contribution in [0.5, 0.6) is 0 Å². The Morgan fingerprint density at radius 2 is 2.14 bits per heavy atom. The van der Waals surface area contributed by atoms with Gasteiger partial charge in [-0.1, -0.05) is 18.2 Å². The van der Waals surface area contributed by atoms with E-state index in [1.807, 2.05) is 24.3 Å². The van der Waals surface area contributed by atoms with Crippen LogP contribution in [0, 0.1) is 0 Å². The lowest BCUT2D eigenvalue weighted by Gasteiger charge is -2.21. The molecule has 0 saturated carbocycles. The summed E-state index contributed by atoms with van der Waals surface area (Å²) in [6, 6.07) is 9.12. The third-order valence-electron chi connectivity index (χ3n) is 3.56. The normalized spacial score (nSPS) is 17.0. The number of fused-ring (bicyclic) bond motifs is 1. The first-order chi connectivity index (χ1) is 10.1. The molecule has 0 fully saturated rings. The van der Waals surface area contributed by atoms with Gasteiger partial charge >= 0.3 is 5.97 Å². The van der Waals surface area contributed by atoms with Gasteiger partial charge in [0.1, 0.15) is 11.0 Å². The second-order valence-corrected chi connectivity index (χ2v) is 5.65. The zero-order valence-electron chi connectivity index (χ0n) is 11.4. The number of nitrogens with zero attached hydrogens (tertiary/aromatic N) is 1. The summed E-state index contributed by atoms with van der Waals surface area (Å²) in [6.07, 6.45) is -0.487. The lowest BCUT2D eigenvalue weighted by Crippen LogP contribution is -2.32. The van der Waals surface area contributed by atoms with E-state index in [0.29, 0.717) is 17.0 Å². The fourth-order valence-corrected chi connectivity index (χ4v) is 3.32. The SMILES string of the molecule is COC(=O)c1sccc1CN1C(=O)c2ccccc2C1N. The van der Waals surface area contributed by atoms with Crippen molar-refractivity contribution in [1.82, 2.24) is 4.90 Å². The Bertz CT molecular complexity index is 710. The number of hydrogen-bond acceptors (Lipinski definition) is 5. The number of nitrogens with two attached hydrogens (primary N) is 1. The van der Waals surface area contributed by atoms with Crippen LogP contribution in [0.25, 0.3) is 0 Å². The molecule has 1 unspecified atom stereocenters. The Labute approximate surface area is 125 Å². The van der Waals surface area contributed by atoms with E-state index in [2.05, 4.69) is 0 Å². The van der Waals surface area contributed by atoms with Crippen molar-refractivity contribution in [3.8, 4) is 0 Å². The van der Waals surface area contributed by atoms with Gasteiger partial charge in [-0.05, 0) is 23.1 Å². The van der Waals surface area contributed by atoms with Gasteiger partial charge < -0.3 is 15.4 Å². The van der Waals surface area contributed by atoms with E-state index in [1.165, 1.54) is 18.4 Å². The van der Waals surface area contributed by atoms with Crippen LogP contribution in [0.1, 0.15) is 37.3 Å². The Hall–Kier alpha value is -2.18. The van der Waals surface area contributed by atoms with E-state index in [4.69, 9.17) is 10.5 Å². The molecule has 2 aromatic rings. The molecule has 0 aliphatic carbocycles. The molecular weight excluding hydrogens is 288 g/mol. The topological polar surface area (TPSA) is 72.6 Å². The smallest absolute Gasteiger partial charge is 0.348 e. The van der Waals surface area contributed by atoms with Gasteiger partial charge in [0.25, 0.3) is 5.91 Å². The van der Waals surface area contributed by atoms with Gasteiger partial charge in [0, 0.05) is 17.7 Å². The third-order valence-corrected chi connectivity index (χ3v) is 4.50. The van der Waals surface area contributed by atoms with Crippen molar-refractivity contribution in [2.24, 2.45) is 5.73 Å². The molecule has 1 aliphatic heterocycles. The zero-order valence-corrected chi connectivity index (χ0v) is 12.2. The van der Waals surface area contributed by atoms with Gasteiger partial charge in [0.05, 0.1) is 7.11 Å². The average Bonchev–Trinajstić information content (AvgIpc) is 3.06. The molecule has 1 aromatic heterocycles. The Morgan fingerprint density at radius 1 is 1.38 bits per heavy atom. The van der Waals surface area contributed by atoms with Crippen molar-refractivity contribution in [3.05, 3.63) is 57.3 Å². The van der Waals surface area contributed by atoms with Gasteiger partial charge in [-0.25, -0.2) is 4.79 Å². The molecule has 0 saturated heterocycles. The molecule has 0 bridgehead atoms. The summed E-state index contributed by atoms with van der Waals surface area (Å²) in [5.41, 5.74) is 8.34. The van der Waals surface area contributed by atoms with Crippen molar-refractivity contribution in [3.63, 3.8) is 0 Å². The highest BCUT2D eigenvalue weighted by atomic mass is 32.1. The lowest BCUT2D eigenvalue weighted by molar-refractivity contribution is 0.0597. The van der Waals surface area contributed by atoms with Gasteiger partial charge in [0.2, 0.25) is 0 Å². The highest BCUT2D eigenvalue weighted by Gasteiger charge is 2.34. The van der Waals surface area contributed by atoms with Crippen LogP contribution in [0.2, 0.25) is 0 Å². The fraction of sp³-hybridized carbons (Fsp3) is 0.200. The standard InChI is InChI=1S/C15H14N2O3S/c1-20-15(19)12-9(6-7-21-12)8-17-13(16)10-4-2-3-5-11(10)14(17)18/h2-7,13H,8,16H2,1H3. The largest absolute Gasteiger partial charge is 0.465 e. The first-order valence-corrected chi connectivity index (χ1v) is 7.31. The molecule has 6 heteroatoms. The van der Waals surface area contributed by atoms with Crippen LogP contribution in [-0.2, 0) is 11.3 Å². The van der Waals surface area contributed by atoms with Gasteiger partial charge in [-0.15, -0.1) is 11.3 Å². The summed E-state index contributed by atoms with van der Waals surface area (Å²) < 4.78 is 4.75. The number of ether oxygens (including phenoxy) is 1. The second-order valence-electron chi connectivity index (χ2n) is 4.73. The molecule has 1 amide bonds. The van der Waals surface area contributed by atoms with Crippen LogP contribution < -0.4 is 5.73 Å². The molecule has 1 atom stereocenters. The molecule has 0 radical (unpaired) electrons. The predicted molar refractivity (Wildman–Crippen MR) is 78.9 cm³/mol. The lowest BCUT2D eigenvalue weighted by atomic mass is 10.1. The summed E-state index contributed by atoms with van der Waals surface area (Å²) >= 11 is 1.30. The van der Waals surface area contributed by atoms with Crippen molar-refractivity contribution in [2.75, 3.05) is 7.11 Å². The van der Waals surface area contributed by atoms with Crippen LogP contribution in [0.4, 0.5) is 0 Å². The Balaban J connectivity index is 1.89. The molecule has 2 heterocycles. The van der Waals surface area contributed by atoms with E-state index < -0.39 is 12.1 Å². The summed E-state index contributed by atoms with van der Waals surface area (Å²) in [7, 11) is 1.34. The number of amides is 1. The highest BCUT2D eigenvalue weighted by Crippen LogP contribution is 2.32. The summed E-state index contributed by atoms with van der Waals surface area (Å²) in [5.74, 6) is -0.502. The van der Waals surface area contributed by atoms with Crippen molar-refractivity contribution in [2.45, 2.75) is 12.7 Å². The Morgan fingerprint density at radius 3 is 2.86 bits per heavy atom. The van der Waals surface area contributed by atoms with Gasteiger partial charge in [-0.3, -0.25) is 4.79 Å². The maximum atomic E-state index is 12.4. The molecule has 2 N–H and O–H groups in total. The summed E-state index contributed by atoms with van der Waals surface area (Å²) in [6.45, 7) is 0.294. The summed E-state index contributed by atoms with van der Waals surface area (Å²) in [5, 5.41) is 1.81. The number of carbonyl (C=O) groups excluding carboxylic acids is 2. The molecule has 0 spiro atoms. The molecule has 1 aromatic carbocycles. The van der Waals surface area contributed by atoms with E-state index in [1.54, 1.807) is 16.3 Å². The van der Waals surface area contributed by atoms with Crippen molar-refractivity contribution in [1.29, 1.82) is 0 Å². The molecule has 1 aliphatic rings. The van der Waals surface area contributed by atoms with Crippen LogP contribution in [0.3, 0.4) is 0 Å². The van der Waals surface area contributed by atoms with Crippen LogP contribution in [-0.4, -0.2) is 23.9 Å². The molecule has 3 rings (SSSR count). The quantitative estimate of drug-likeness (QED) is 0.882. The minimum absolute atomic E-state index is 0.111. The first kappa shape index (κ1) is 13.8. The number of hydrogen-bond donors (Lipinski definition) is 1. The number of methoxy groups -OCH3 is 1. The highest BCUT2D eigenvalue weighted by molar-refractivity contribution is 7.12. The second kappa shape index (κ2) is 5.31. The maximum Gasteiger partial charge on any atom is 0.348 e. The predicted octanol–water partition coefficient (Wildman–Crippen LogP) is 2.15. The molecular formula is C15H14N2O3S. The number of esters is 1. The van der Waals surface area contributed by atoms with E-state index in [-0.39, 0.29) is 5.91 Å². The minimum atomic E-state index is -0.487.